The van der Waals surface area contributed by atoms with Gasteiger partial charge in [-0.05, 0) is 5.56 Å². The highest BCUT2D eigenvalue weighted by atomic mass is 16.5. The van der Waals surface area contributed by atoms with Gasteiger partial charge in [0.15, 0.2) is 0 Å². The zero-order valence-corrected chi connectivity index (χ0v) is 11.1. The average molecular weight is 297 g/mol. The van der Waals surface area contributed by atoms with Gasteiger partial charge in [-0.25, -0.2) is 4.79 Å². The van der Waals surface area contributed by atoms with Gasteiger partial charge >= 0.3 is 11.9 Å². The number of methoxy groups -OCH3 is 1. The molecule has 0 spiro atoms. The van der Waals surface area contributed by atoms with Crippen molar-refractivity contribution in [3.8, 4) is 0 Å². The fourth-order valence-corrected chi connectivity index (χ4v) is 1.67. The summed E-state index contributed by atoms with van der Waals surface area (Å²) in [7, 11) is -2.96. The van der Waals surface area contributed by atoms with Gasteiger partial charge < -0.3 is 20.9 Å². The molecule has 7 nitrogen and oxygen atoms in total. The first-order valence-corrected chi connectivity index (χ1v) is 6.13. The lowest BCUT2D eigenvalue weighted by molar-refractivity contribution is -0.145. The van der Waals surface area contributed by atoms with E-state index < -0.39 is 43.4 Å². The summed E-state index contributed by atoms with van der Waals surface area (Å²) in [5.74, 6) is -3.32. The van der Waals surface area contributed by atoms with E-state index >= 15 is 0 Å². The van der Waals surface area contributed by atoms with Crippen LogP contribution in [0.1, 0.15) is 16.1 Å². The normalized spacial score (nSPS) is 15.8. The van der Waals surface area contributed by atoms with Crippen molar-refractivity contribution in [3.63, 3.8) is 0 Å². The summed E-state index contributed by atoms with van der Waals surface area (Å²) in [5.41, 5.74) is 6.08. The number of hydrogen-bond acceptors (Lipinski definition) is 5. The summed E-state index contributed by atoms with van der Waals surface area (Å²) in [4.78, 5) is 34.5. The van der Waals surface area contributed by atoms with E-state index in [2.05, 4.69) is 10.1 Å². The van der Waals surface area contributed by atoms with E-state index in [1.807, 2.05) is 0 Å². The fourth-order valence-electron chi connectivity index (χ4n) is 1.67. The summed E-state index contributed by atoms with van der Waals surface area (Å²) in [6.45, 7) is 0. The van der Waals surface area contributed by atoms with Crippen molar-refractivity contribution in [2.75, 3.05) is 7.04 Å². The van der Waals surface area contributed by atoms with Crippen LogP contribution >= 0.6 is 0 Å². The predicted molar refractivity (Wildman–Crippen MR) is 74.3 cm³/mol. The molecule has 1 aromatic carbocycles. The van der Waals surface area contributed by atoms with Gasteiger partial charge in [0.25, 0.3) is 0 Å². The van der Waals surface area contributed by atoms with E-state index in [-0.39, 0.29) is 6.42 Å². The SMILES string of the molecule is [2H]C([2H])([2H])OC(=O)[C@H](Cc1ccccc1)NC(=O)[C@@H](N)CC(=O)O. The molecule has 0 aliphatic heterocycles. The van der Waals surface area contributed by atoms with Crippen LogP contribution in [0.25, 0.3) is 0 Å². The number of carboxylic acid groups (broad SMARTS) is 1. The highest BCUT2D eigenvalue weighted by molar-refractivity contribution is 5.89. The highest BCUT2D eigenvalue weighted by Crippen LogP contribution is 2.05. The molecular weight excluding hydrogens is 276 g/mol. The topological polar surface area (TPSA) is 119 Å². The van der Waals surface area contributed by atoms with Gasteiger partial charge in [0.2, 0.25) is 5.91 Å². The number of esters is 1. The average Bonchev–Trinajstić information content (AvgIpc) is 2.45. The van der Waals surface area contributed by atoms with Crippen LogP contribution in [0.2, 0.25) is 0 Å². The van der Waals surface area contributed by atoms with E-state index in [4.69, 9.17) is 15.0 Å². The lowest BCUT2D eigenvalue weighted by Gasteiger charge is -2.18. The Balaban J connectivity index is 2.86. The Morgan fingerprint density at radius 1 is 1.38 bits per heavy atom. The molecule has 1 rings (SSSR count). The summed E-state index contributed by atoms with van der Waals surface area (Å²) in [6, 6.07) is 5.85. The number of nitrogens with one attached hydrogen (secondary N) is 1. The quantitative estimate of drug-likeness (QED) is 0.594. The number of rotatable bonds is 7. The number of benzene rings is 1. The number of hydrogen-bond donors (Lipinski definition) is 3. The van der Waals surface area contributed by atoms with Crippen molar-refractivity contribution >= 4 is 17.8 Å². The lowest BCUT2D eigenvalue weighted by atomic mass is 10.1. The Morgan fingerprint density at radius 2 is 2.05 bits per heavy atom. The van der Waals surface area contributed by atoms with Gasteiger partial charge in [-0.15, -0.1) is 0 Å². The molecule has 0 aliphatic carbocycles. The number of carboxylic acids is 1. The standard InChI is InChI=1S/C14H18N2O5/c1-21-14(20)11(7-9-5-3-2-4-6-9)16-13(19)10(15)8-12(17)18/h2-6,10-11H,7-8,15H2,1H3,(H,16,19)(H,17,18)/t10-,11-/m0/s1/i1D3. The monoisotopic (exact) mass is 297 g/mol. The molecule has 0 bridgehead atoms. The minimum Gasteiger partial charge on any atom is -0.481 e. The highest BCUT2D eigenvalue weighted by Gasteiger charge is 2.25. The fraction of sp³-hybridized carbons (Fsp3) is 0.357. The molecule has 0 heterocycles. The predicted octanol–water partition coefficient (Wildman–Crippen LogP) is -0.311. The Hall–Kier alpha value is -2.41. The largest absolute Gasteiger partial charge is 0.481 e. The lowest BCUT2D eigenvalue weighted by Crippen LogP contribution is -2.50. The van der Waals surface area contributed by atoms with Crippen molar-refractivity contribution in [1.82, 2.24) is 5.32 Å². The van der Waals surface area contributed by atoms with Crippen LogP contribution in [-0.4, -0.2) is 42.1 Å². The number of carbonyl (C=O) groups excluding carboxylic acids is 2. The molecule has 2 atom stereocenters. The summed E-state index contributed by atoms with van der Waals surface area (Å²) in [6.07, 6.45) is -0.653. The second-order valence-corrected chi connectivity index (χ2v) is 4.38. The first kappa shape index (κ1) is 12.3. The molecule has 21 heavy (non-hydrogen) atoms. The van der Waals surface area contributed by atoms with E-state index in [1.54, 1.807) is 30.3 Å². The Bertz CT molecular complexity index is 592. The van der Waals surface area contributed by atoms with Crippen molar-refractivity contribution in [3.05, 3.63) is 35.9 Å². The molecular formula is C14H18N2O5. The maximum atomic E-state index is 12.0. The van der Waals surface area contributed by atoms with E-state index in [0.717, 1.165) is 0 Å². The molecule has 1 amide bonds. The Labute approximate surface area is 126 Å². The van der Waals surface area contributed by atoms with Gasteiger partial charge in [-0.3, -0.25) is 9.59 Å². The van der Waals surface area contributed by atoms with Gasteiger partial charge in [0.1, 0.15) is 6.04 Å². The molecule has 7 heteroatoms. The van der Waals surface area contributed by atoms with E-state index in [1.165, 1.54) is 0 Å². The zero-order chi connectivity index (χ0) is 18.3. The van der Waals surface area contributed by atoms with Gasteiger partial charge in [0.05, 0.1) is 23.6 Å². The first-order chi connectivity index (χ1) is 11.1. The summed E-state index contributed by atoms with van der Waals surface area (Å²) < 4.78 is 25.2. The summed E-state index contributed by atoms with van der Waals surface area (Å²) in [5, 5.41) is 10.9. The van der Waals surface area contributed by atoms with Gasteiger partial charge in [-0.1, -0.05) is 30.3 Å². The first-order valence-electron chi connectivity index (χ1n) is 7.63. The van der Waals surface area contributed by atoms with Crippen molar-refractivity contribution in [1.29, 1.82) is 0 Å². The van der Waals surface area contributed by atoms with Crippen molar-refractivity contribution in [2.45, 2.75) is 24.9 Å². The van der Waals surface area contributed by atoms with Crippen LogP contribution in [0.4, 0.5) is 0 Å². The maximum Gasteiger partial charge on any atom is 0.328 e. The van der Waals surface area contributed by atoms with Crippen molar-refractivity contribution in [2.24, 2.45) is 5.73 Å². The number of nitrogens with two attached hydrogens (primary N) is 1. The number of aliphatic carboxylic acids is 1. The third-order valence-electron chi connectivity index (χ3n) is 2.72. The van der Waals surface area contributed by atoms with Crippen LogP contribution in [0.3, 0.4) is 0 Å². The molecule has 4 N–H and O–H groups in total. The number of ether oxygens (including phenoxy) is 1. The van der Waals surface area contributed by atoms with Gasteiger partial charge in [-0.2, -0.15) is 0 Å². The van der Waals surface area contributed by atoms with E-state index in [9.17, 15) is 14.4 Å². The van der Waals surface area contributed by atoms with Crippen LogP contribution < -0.4 is 11.1 Å². The zero-order valence-electron chi connectivity index (χ0n) is 14.1. The summed E-state index contributed by atoms with van der Waals surface area (Å²) >= 11 is 0. The van der Waals surface area contributed by atoms with Crippen LogP contribution in [-0.2, 0) is 25.5 Å². The molecule has 114 valence electrons. The minimum atomic E-state index is -2.96. The molecule has 0 saturated heterocycles. The molecule has 0 radical (unpaired) electrons. The molecule has 0 unspecified atom stereocenters. The molecule has 1 aromatic rings. The number of carbonyl (C=O) groups is 3. The van der Waals surface area contributed by atoms with Crippen LogP contribution in [0.5, 0.6) is 0 Å². The van der Waals surface area contributed by atoms with E-state index in [0.29, 0.717) is 5.56 Å². The van der Waals surface area contributed by atoms with Crippen LogP contribution in [0, 0.1) is 0 Å². The van der Waals surface area contributed by atoms with Crippen LogP contribution in [0.15, 0.2) is 30.3 Å². The second-order valence-electron chi connectivity index (χ2n) is 4.38. The van der Waals surface area contributed by atoms with Gasteiger partial charge in [0, 0.05) is 6.42 Å². The molecule has 0 aliphatic rings. The maximum absolute atomic E-state index is 12.0. The third-order valence-corrected chi connectivity index (χ3v) is 2.72. The molecule has 0 fully saturated rings. The molecule has 0 saturated carbocycles. The Kier molecular flexibility index (Phi) is 4.70. The smallest absolute Gasteiger partial charge is 0.328 e. The minimum absolute atomic E-state index is 0.0265. The Morgan fingerprint density at radius 3 is 2.62 bits per heavy atom. The third kappa shape index (κ3) is 5.62. The molecule has 0 aromatic heterocycles. The second kappa shape index (κ2) is 8.01. The number of amides is 1. The van der Waals surface area contributed by atoms with Crippen molar-refractivity contribution < 1.29 is 28.3 Å².